The summed E-state index contributed by atoms with van der Waals surface area (Å²) in [5.74, 6) is 0.308. The van der Waals surface area contributed by atoms with Gasteiger partial charge in [-0.15, -0.1) is 0 Å². The zero-order valence-electron chi connectivity index (χ0n) is 11.6. The fraction of sp³-hybridized carbons (Fsp3) is 0.333. The van der Waals surface area contributed by atoms with Gasteiger partial charge in [-0.1, -0.05) is 12.1 Å². The Balaban J connectivity index is 1.78. The zero-order chi connectivity index (χ0) is 13.9. The van der Waals surface area contributed by atoms with E-state index in [4.69, 9.17) is 5.73 Å². The lowest BCUT2D eigenvalue weighted by atomic mass is 10.1. The van der Waals surface area contributed by atoms with E-state index in [0.717, 1.165) is 24.3 Å². The normalized spacial score (nSPS) is 18.4. The van der Waals surface area contributed by atoms with Crippen molar-refractivity contribution < 1.29 is 0 Å². The molecular weight excluding hydrogens is 250 g/mol. The molecule has 0 aliphatic carbocycles. The van der Waals surface area contributed by atoms with Crippen LogP contribution >= 0.6 is 0 Å². The molecule has 1 atom stereocenters. The number of anilines is 2. The molecule has 1 aromatic carbocycles. The highest BCUT2D eigenvalue weighted by Gasteiger charge is 2.20. The van der Waals surface area contributed by atoms with Crippen molar-refractivity contribution in [3.63, 3.8) is 0 Å². The Bertz CT molecular complexity index is 581. The van der Waals surface area contributed by atoms with E-state index in [1.807, 2.05) is 13.1 Å². The SMILES string of the molecule is CNC1CCN(c2ccc(-c3ccnc(N)n3)cc2)C1. The van der Waals surface area contributed by atoms with Gasteiger partial charge in [-0.25, -0.2) is 9.97 Å². The zero-order valence-corrected chi connectivity index (χ0v) is 11.6. The molecule has 2 aromatic rings. The van der Waals surface area contributed by atoms with Gasteiger partial charge >= 0.3 is 0 Å². The number of nitrogen functional groups attached to an aromatic ring is 1. The van der Waals surface area contributed by atoms with Crippen LogP contribution in [-0.4, -0.2) is 36.1 Å². The van der Waals surface area contributed by atoms with Crippen molar-refractivity contribution in [3.05, 3.63) is 36.5 Å². The Morgan fingerprint density at radius 2 is 2.05 bits per heavy atom. The molecule has 1 fully saturated rings. The maximum absolute atomic E-state index is 5.62. The predicted molar refractivity (Wildman–Crippen MR) is 81.6 cm³/mol. The van der Waals surface area contributed by atoms with Crippen LogP contribution < -0.4 is 16.0 Å². The highest BCUT2D eigenvalue weighted by Crippen LogP contribution is 2.24. The second-order valence-electron chi connectivity index (χ2n) is 5.07. The number of hydrogen-bond acceptors (Lipinski definition) is 5. The molecule has 1 aromatic heterocycles. The number of aromatic nitrogens is 2. The Labute approximate surface area is 118 Å². The molecular formula is C15H19N5. The van der Waals surface area contributed by atoms with Crippen molar-refractivity contribution in [2.75, 3.05) is 30.8 Å². The third-order valence-electron chi connectivity index (χ3n) is 3.80. The van der Waals surface area contributed by atoms with Gasteiger partial charge in [0.2, 0.25) is 5.95 Å². The molecule has 0 saturated carbocycles. The van der Waals surface area contributed by atoms with Crippen LogP contribution in [-0.2, 0) is 0 Å². The van der Waals surface area contributed by atoms with E-state index in [9.17, 15) is 0 Å². The molecule has 2 heterocycles. The summed E-state index contributed by atoms with van der Waals surface area (Å²) in [5.41, 5.74) is 8.80. The number of nitrogens with two attached hydrogens (primary N) is 1. The van der Waals surface area contributed by atoms with Gasteiger partial charge in [0, 0.05) is 36.6 Å². The smallest absolute Gasteiger partial charge is 0.220 e. The van der Waals surface area contributed by atoms with Crippen LogP contribution in [0.4, 0.5) is 11.6 Å². The number of hydrogen-bond donors (Lipinski definition) is 2. The van der Waals surface area contributed by atoms with Gasteiger partial charge in [0.1, 0.15) is 0 Å². The maximum Gasteiger partial charge on any atom is 0.220 e. The molecule has 3 N–H and O–H groups in total. The van der Waals surface area contributed by atoms with E-state index in [2.05, 4.69) is 44.5 Å². The molecule has 1 saturated heterocycles. The maximum atomic E-state index is 5.62. The molecule has 1 aliphatic rings. The molecule has 0 amide bonds. The lowest BCUT2D eigenvalue weighted by Gasteiger charge is -2.18. The minimum atomic E-state index is 0.308. The first-order chi connectivity index (χ1) is 9.76. The third kappa shape index (κ3) is 2.58. The molecule has 1 unspecified atom stereocenters. The molecule has 0 spiro atoms. The number of nitrogens with zero attached hydrogens (tertiary/aromatic N) is 3. The summed E-state index contributed by atoms with van der Waals surface area (Å²) in [6.07, 6.45) is 2.88. The minimum absolute atomic E-state index is 0.308. The van der Waals surface area contributed by atoms with Crippen molar-refractivity contribution >= 4 is 11.6 Å². The Hall–Kier alpha value is -2.14. The summed E-state index contributed by atoms with van der Waals surface area (Å²) in [6, 6.07) is 10.9. The largest absolute Gasteiger partial charge is 0.370 e. The lowest BCUT2D eigenvalue weighted by molar-refractivity contribution is 0.617. The first-order valence-electron chi connectivity index (χ1n) is 6.87. The quantitative estimate of drug-likeness (QED) is 0.884. The molecule has 5 heteroatoms. The van der Waals surface area contributed by atoms with Gasteiger partial charge in [-0.2, -0.15) is 0 Å². The van der Waals surface area contributed by atoms with Crippen LogP contribution in [0.25, 0.3) is 11.3 Å². The van der Waals surface area contributed by atoms with Gasteiger partial charge in [-0.05, 0) is 31.7 Å². The molecule has 5 nitrogen and oxygen atoms in total. The molecule has 0 radical (unpaired) electrons. The highest BCUT2D eigenvalue weighted by molar-refractivity contribution is 5.63. The molecule has 3 rings (SSSR count). The summed E-state index contributed by atoms with van der Waals surface area (Å²) < 4.78 is 0. The van der Waals surface area contributed by atoms with E-state index in [0.29, 0.717) is 12.0 Å². The van der Waals surface area contributed by atoms with E-state index in [1.54, 1.807) is 6.20 Å². The number of nitrogens with one attached hydrogen (secondary N) is 1. The second-order valence-corrected chi connectivity index (χ2v) is 5.07. The predicted octanol–water partition coefficient (Wildman–Crippen LogP) is 1.52. The Morgan fingerprint density at radius 1 is 1.25 bits per heavy atom. The number of rotatable bonds is 3. The summed E-state index contributed by atoms with van der Waals surface area (Å²) in [4.78, 5) is 10.6. The van der Waals surface area contributed by atoms with Crippen LogP contribution in [0.1, 0.15) is 6.42 Å². The Morgan fingerprint density at radius 3 is 2.70 bits per heavy atom. The minimum Gasteiger partial charge on any atom is -0.370 e. The van der Waals surface area contributed by atoms with Gasteiger partial charge < -0.3 is 16.0 Å². The summed E-state index contributed by atoms with van der Waals surface area (Å²) >= 11 is 0. The number of likely N-dealkylation sites (N-methyl/N-ethyl adjacent to an activating group) is 1. The standard InChI is InChI=1S/C15H19N5/c1-17-12-7-9-20(10-12)13-4-2-11(3-5-13)14-6-8-18-15(16)19-14/h2-6,8,12,17H,7,9-10H2,1H3,(H2,16,18,19). The van der Waals surface area contributed by atoms with Crippen molar-refractivity contribution in [1.82, 2.24) is 15.3 Å². The molecule has 20 heavy (non-hydrogen) atoms. The third-order valence-corrected chi connectivity index (χ3v) is 3.80. The van der Waals surface area contributed by atoms with E-state index < -0.39 is 0 Å². The van der Waals surface area contributed by atoms with Gasteiger partial charge in [0.05, 0.1) is 5.69 Å². The lowest BCUT2D eigenvalue weighted by Crippen LogP contribution is -2.29. The first kappa shape index (κ1) is 12.9. The van der Waals surface area contributed by atoms with Crippen LogP contribution in [0.15, 0.2) is 36.5 Å². The summed E-state index contributed by atoms with van der Waals surface area (Å²) in [6.45, 7) is 2.17. The summed E-state index contributed by atoms with van der Waals surface area (Å²) in [5, 5.41) is 3.33. The van der Waals surface area contributed by atoms with Crippen molar-refractivity contribution in [1.29, 1.82) is 0 Å². The average Bonchev–Trinajstić information content (AvgIpc) is 2.96. The Kier molecular flexibility index (Phi) is 3.52. The topological polar surface area (TPSA) is 67.1 Å². The number of benzene rings is 1. The van der Waals surface area contributed by atoms with E-state index >= 15 is 0 Å². The fourth-order valence-electron chi connectivity index (χ4n) is 2.61. The fourth-order valence-corrected chi connectivity index (χ4v) is 2.61. The highest BCUT2D eigenvalue weighted by atomic mass is 15.2. The average molecular weight is 269 g/mol. The van der Waals surface area contributed by atoms with E-state index in [1.165, 1.54) is 12.1 Å². The second kappa shape index (κ2) is 5.46. The monoisotopic (exact) mass is 269 g/mol. The van der Waals surface area contributed by atoms with Gasteiger partial charge in [-0.3, -0.25) is 0 Å². The van der Waals surface area contributed by atoms with Crippen LogP contribution in [0.3, 0.4) is 0 Å². The van der Waals surface area contributed by atoms with Crippen molar-refractivity contribution in [2.24, 2.45) is 0 Å². The van der Waals surface area contributed by atoms with Gasteiger partial charge in [0.25, 0.3) is 0 Å². The van der Waals surface area contributed by atoms with Crippen LogP contribution in [0.2, 0.25) is 0 Å². The van der Waals surface area contributed by atoms with Crippen LogP contribution in [0.5, 0.6) is 0 Å². The molecule has 104 valence electrons. The van der Waals surface area contributed by atoms with Crippen molar-refractivity contribution in [2.45, 2.75) is 12.5 Å². The summed E-state index contributed by atoms with van der Waals surface area (Å²) in [7, 11) is 2.02. The van der Waals surface area contributed by atoms with Gasteiger partial charge in [0.15, 0.2) is 0 Å². The van der Waals surface area contributed by atoms with Crippen molar-refractivity contribution in [3.8, 4) is 11.3 Å². The molecule has 0 bridgehead atoms. The van der Waals surface area contributed by atoms with Crippen LogP contribution in [0, 0.1) is 0 Å². The molecule has 1 aliphatic heterocycles. The van der Waals surface area contributed by atoms with E-state index in [-0.39, 0.29) is 0 Å². The first-order valence-corrected chi connectivity index (χ1v) is 6.87.